The molecule has 0 spiro atoms. The van der Waals surface area contributed by atoms with Crippen molar-refractivity contribution in [2.75, 3.05) is 17.6 Å². The lowest BCUT2D eigenvalue weighted by Gasteiger charge is -2.02. The minimum Gasteiger partial charge on any atom is -0.337 e. The maximum atomic E-state index is 5.17. The summed E-state index contributed by atoms with van der Waals surface area (Å²) in [6.07, 6.45) is 0. The molecule has 1 N–H and O–H groups in total. The third kappa shape index (κ3) is 3.99. The van der Waals surface area contributed by atoms with E-state index in [1.807, 2.05) is 23.9 Å². The SMILES string of the molecule is CCSc1ccc(-c2noc(NCC(C)C)n2)cc1. The third-order valence-electron chi connectivity index (χ3n) is 2.51. The van der Waals surface area contributed by atoms with E-state index in [9.17, 15) is 0 Å². The van der Waals surface area contributed by atoms with E-state index in [1.165, 1.54) is 4.90 Å². The predicted molar refractivity (Wildman–Crippen MR) is 79.5 cm³/mol. The highest BCUT2D eigenvalue weighted by Crippen LogP contribution is 2.23. The molecule has 0 bridgehead atoms. The molecule has 0 unspecified atom stereocenters. The van der Waals surface area contributed by atoms with E-state index in [4.69, 9.17) is 4.52 Å². The molecule has 102 valence electrons. The third-order valence-corrected chi connectivity index (χ3v) is 3.41. The molecule has 2 aromatic rings. The van der Waals surface area contributed by atoms with Gasteiger partial charge in [-0.2, -0.15) is 4.98 Å². The van der Waals surface area contributed by atoms with Crippen molar-refractivity contribution in [2.24, 2.45) is 5.92 Å². The Hall–Kier alpha value is -1.49. The summed E-state index contributed by atoms with van der Waals surface area (Å²) in [7, 11) is 0. The zero-order chi connectivity index (χ0) is 13.7. The molecule has 0 radical (unpaired) electrons. The van der Waals surface area contributed by atoms with Crippen LogP contribution in [-0.2, 0) is 0 Å². The van der Waals surface area contributed by atoms with Crippen molar-refractivity contribution in [2.45, 2.75) is 25.7 Å². The standard InChI is InChI=1S/C14H19N3OS/c1-4-19-12-7-5-11(6-8-12)13-16-14(18-17-13)15-9-10(2)3/h5-8,10H,4,9H2,1-3H3,(H,15,16,17). The van der Waals surface area contributed by atoms with Crippen molar-refractivity contribution in [3.8, 4) is 11.4 Å². The molecular formula is C14H19N3OS. The van der Waals surface area contributed by atoms with Gasteiger partial charge in [0.1, 0.15) is 0 Å². The van der Waals surface area contributed by atoms with E-state index >= 15 is 0 Å². The molecule has 0 aliphatic heterocycles. The Kier molecular flexibility index (Phi) is 4.85. The van der Waals surface area contributed by atoms with Crippen molar-refractivity contribution >= 4 is 17.8 Å². The number of rotatable bonds is 6. The van der Waals surface area contributed by atoms with E-state index in [0.29, 0.717) is 17.8 Å². The summed E-state index contributed by atoms with van der Waals surface area (Å²) in [4.78, 5) is 5.59. The van der Waals surface area contributed by atoms with Gasteiger partial charge in [0, 0.05) is 17.0 Å². The van der Waals surface area contributed by atoms with Gasteiger partial charge in [0.15, 0.2) is 0 Å². The number of thioether (sulfide) groups is 1. The smallest absolute Gasteiger partial charge is 0.321 e. The quantitative estimate of drug-likeness (QED) is 0.811. The van der Waals surface area contributed by atoms with Crippen molar-refractivity contribution in [1.29, 1.82) is 0 Å². The van der Waals surface area contributed by atoms with Gasteiger partial charge in [-0.3, -0.25) is 0 Å². The monoisotopic (exact) mass is 277 g/mol. The molecule has 0 saturated carbocycles. The molecule has 2 rings (SSSR count). The minimum absolute atomic E-state index is 0.482. The fourth-order valence-electron chi connectivity index (χ4n) is 1.57. The normalized spacial score (nSPS) is 10.9. The van der Waals surface area contributed by atoms with Gasteiger partial charge >= 0.3 is 6.01 Å². The largest absolute Gasteiger partial charge is 0.337 e. The number of anilines is 1. The van der Waals surface area contributed by atoms with E-state index in [0.717, 1.165) is 17.9 Å². The molecule has 1 aromatic heterocycles. The Morgan fingerprint density at radius 1 is 1.26 bits per heavy atom. The summed E-state index contributed by atoms with van der Waals surface area (Å²) in [6.45, 7) is 7.24. The molecule has 0 aliphatic rings. The summed E-state index contributed by atoms with van der Waals surface area (Å²) in [5, 5.41) is 7.11. The lowest BCUT2D eigenvalue weighted by atomic mass is 10.2. The van der Waals surface area contributed by atoms with Crippen LogP contribution < -0.4 is 5.32 Å². The molecule has 19 heavy (non-hydrogen) atoms. The van der Waals surface area contributed by atoms with Gasteiger partial charge in [0.2, 0.25) is 5.82 Å². The van der Waals surface area contributed by atoms with Crippen LogP contribution in [0.1, 0.15) is 20.8 Å². The summed E-state index contributed by atoms with van der Waals surface area (Å²) in [5.74, 6) is 2.24. The number of aromatic nitrogens is 2. The second-order valence-electron chi connectivity index (χ2n) is 4.66. The Bertz CT molecular complexity index is 508. The van der Waals surface area contributed by atoms with Crippen molar-refractivity contribution < 1.29 is 4.52 Å². The molecule has 0 amide bonds. The molecule has 5 heteroatoms. The highest BCUT2D eigenvalue weighted by atomic mass is 32.2. The number of nitrogens with zero attached hydrogens (tertiary/aromatic N) is 2. The van der Waals surface area contributed by atoms with Gasteiger partial charge < -0.3 is 9.84 Å². The van der Waals surface area contributed by atoms with Crippen molar-refractivity contribution in [3.63, 3.8) is 0 Å². The van der Waals surface area contributed by atoms with Gasteiger partial charge in [0.25, 0.3) is 0 Å². The number of hydrogen-bond acceptors (Lipinski definition) is 5. The Labute approximate surface area is 118 Å². The van der Waals surface area contributed by atoms with E-state index < -0.39 is 0 Å². The van der Waals surface area contributed by atoms with Crippen LogP contribution in [0.3, 0.4) is 0 Å². The first kappa shape index (κ1) is 13.9. The molecular weight excluding hydrogens is 258 g/mol. The Morgan fingerprint density at radius 2 is 2.00 bits per heavy atom. The number of nitrogens with one attached hydrogen (secondary N) is 1. The zero-order valence-electron chi connectivity index (χ0n) is 11.5. The second-order valence-corrected chi connectivity index (χ2v) is 5.99. The molecule has 0 aliphatic carbocycles. The van der Waals surface area contributed by atoms with Crippen LogP contribution in [0.2, 0.25) is 0 Å². The van der Waals surface area contributed by atoms with Crippen LogP contribution in [0.15, 0.2) is 33.7 Å². The molecule has 1 aromatic carbocycles. The predicted octanol–water partition coefficient (Wildman–Crippen LogP) is 3.92. The van der Waals surface area contributed by atoms with Crippen LogP contribution in [-0.4, -0.2) is 22.4 Å². The second kappa shape index (κ2) is 6.61. The highest BCUT2D eigenvalue weighted by Gasteiger charge is 2.08. The van der Waals surface area contributed by atoms with Crippen molar-refractivity contribution in [3.05, 3.63) is 24.3 Å². The maximum Gasteiger partial charge on any atom is 0.321 e. The summed E-state index contributed by atoms with van der Waals surface area (Å²) >= 11 is 1.82. The lowest BCUT2D eigenvalue weighted by Crippen LogP contribution is -2.07. The average molecular weight is 277 g/mol. The Morgan fingerprint density at radius 3 is 2.63 bits per heavy atom. The van der Waals surface area contributed by atoms with Crippen LogP contribution in [0.4, 0.5) is 6.01 Å². The minimum atomic E-state index is 0.482. The molecule has 0 saturated heterocycles. The lowest BCUT2D eigenvalue weighted by molar-refractivity contribution is 0.429. The first-order chi connectivity index (χ1) is 9.19. The van der Waals surface area contributed by atoms with E-state index in [1.54, 1.807) is 0 Å². The number of hydrogen-bond donors (Lipinski definition) is 1. The fraction of sp³-hybridized carbons (Fsp3) is 0.429. The molecule has 1 heterocycles. The van der Waals surface area contributed by atoms with Gasteiger partial charge in [-0.25, -0.2) is 0 Å². The first-order valence-electron chi connectivity index (χ1n) is 6.50. The fourth-order valence-corrected chi connectivity index (χ4v) is 2.23. The van der Waals surface area contributed by atoms with Gasteiger partial charge in [-0.1, -0.05) is 25.9 Å². The summed E-state index contributed by atoms with van der Waals surface area (Å²) < 4.78 is 5.17. The van der Waals surface area contributed by atoms with Gasteiger partial charge in [-0.15, -0.1) is 11.8 Å². The highest BCUT2D eigenvalue weighted by molar-refractivity contribution is 7.99. The summed E-state index contributed by atoms with van der Waals surface area (Å²) in [5.41, 5.74) is 0.974. The van der Waals surface area contributed by atoms with Crippen LogP contribution >= 0.6 is 11.8 Å². The molecule has 0 atom stereocenters. The van der Waals surface area contributed by atoms with E-state index in [2.05, 4.69) is 48.4 Å². The zero-order valence-corrected chi connectivity index (χ0v) is 12.3. The van der Waals surface area contributed by atoms with Crippen molar-refractivity contribution in [1.82, 2.24) is 10.1 Å². The number of benzene rings is 1. The van der Waals surface area contributed by atoms with Gasteiger partial charge in [-0.05, 0) is 35.9 Å². The van der Waals surface area contributed by atoms with Crippen LogP contribution in [0, 0.1) is 5.92 Å². The summed E-state index contributed by atoms with van der Waals surface area (Å²) in [6, 6.07) is 8.70. The topological polar surface area (TPSA) is 51.0 Å². The van der Waals surface area contributed by atoms with Gasteiger partial charge in [0.05, 0.1) is 0 Å². The van der Waals surface area contributed by atoms with Crippen LogP contribution in [0.5, 0.6) is 0 Å². The first-order valence-corrected chi connectivity index (χ1v) is 7.48. The molecule has 4 nitrogen and oxygen atoms in total. The average Bonchev–Trinajstić information content (AvgIpc) is 2.86. The van der Waals surface area contributed by atoms with Crippen LogP contribution in [0.25, 0.3) is 11.4 Å². The maximum absolute atomic E-state index is 5.17. The molecule has 0 fully saturated rings. The Balaban J connectivity index is 2.05. The van der Waals surface area contributed by atoms with E-state index in [-0.39, 0.29) is 0 Å².